The van der Waals surface area contributed by atoms with Crippen LogP contribution >= 0.6 is 0 Å². The Morgan fingerprint density at radius 3 is 2.22 bits per heavy atom. The highest BCUT2D eigenvalue weighted by molar-refractivity contribution is 6.10. The Bertz CT molecular complexity index is 3170. The van der Waals surface area contributed by atoms with E-state index in [2.05, 4.69) is 101 Å². The van der Waals surface area contributed by atoms with Crippen molar-refractivity contribution in [3.05, 3.63) is 164 Å². The average Bonchev–Trinajstić information content (AvgIpc) is 3.99. The molecule has 1 aliphatic rings. The van der Waals surface area contributed by atoms with Gasteiger partial charge in [-0.3, -0.25) is 0 Å². The van der Waals surface area contributed by atoms with Crippen LogP contribution in [0.4, 0.5) is 0 Å². The van der Waals surface area contributed by atoms with E-state index in [1.165, 1.54) is 17.2 Å². The van der Waals surface area contributed by atoms with E-state index in [1.807, 2.05) is 60.7 Å². The van der Waals surface area contributed by atoms with Crippen LogP contribution < -0.4 is 0 Å². The first-order valence-electron chi connectivity index (χ1n) is 18.3. The van der Waals surface area contributed by atoms with Crippen LogP contribution in [0.1, 0.15) is 18.7 Å². The third kappa shape index (κ3) is 5.42. The van der Waals surface area contributed by atoms with Gasteiger partial charge in [0, 0.05) is 33.2 Å². The fraction of sp³-hybridized carbons (Fsp3) is 0.0426. The second kappa shape index (κ2) is 12.6. The zero-order valence-corrected chi connectivity index (χ0v) is 29.4. The highest BCUT2D eigenvalue weighted by Gasteiger charge is 2.18. The van der Waals surface area contributed by atoms with E-state index in [1.54, 1.807) is 0 Å². The van der Waals surface area contributed by atoms with Crippen molar-refractivity contribution in [2.75, 3.05) is 0 Å². The first-order chi connectivity index (χ1) is 27.2. The number of benzene rings is 6. The standard InChI is InChI=1S/C47H30N6O2/c1-3-10-29(11-4-1)44-50-45(30-12-5-2-6-13-30)52-46(51-44)33-18-21-38-43(26-33)55-47(49-38)34-15-9-14-31(24-34)32-19-22-41-37(25-32)36-16-7-8-17-40(36)53(41)35-20-23-42-39(27-35)48-28-54-42/h1-5,7-12,14-28H,6,13H2. The molecule has 8 heteroatoms. The SMILES string of the molecule is C1=CCCC(c2nc(-c3ccccc3)nc(-c3ccc4nc(-c5cccc(-c6ccc7c(c6)c6ccccc6n7-c6ccc7ocnc7c6)c5)oc4c3)n2)=C1. The van der Waals surface area contributed by atoms with Gasteiger partial charge in [0.15, 0.2) is 35.0 Å². The van der Waals surface area contributed by atoms with Crippen molar-refractivity contribution < 1.29 is 8.83 Å². The molecule has 55 heavy (non-hydrogen) atoms. The minimum Gasteiger partial charge on any atom is -0.443 e. The van der Waals surface area contributed by atoms with E-state index in [0.717, 1.165) is 79.6 Å². The lowest BCUT2D eigenvalue weighted by molar-refractivity contribution is 0.602. The minimum atomic E-state index is 0.551. The summed E-state index contributed by atoms with van der Waals surface area (Å²) in [5, 5.41) is 2.35. The van der Waals surface area contributed by atoms with Crippen LogP contribution in [0, 0.1) is 0 Å². The Morgan fingerprint density at radius 1 is 0.527 bits per heavy atom. The molecule has 0 atom stereocenters. The lowest BCUT2D eigenvalue weighted by atomic mass is 10.0. The van der Waals surface area contributed by atoms with Gasteiger partial charge in [0.05, 0.1) is 11.0 Å². The largest absolute Gasteiger partial charge is 0.443 e. The molecule has 0 spiro atoms. The zero-order valence-electron chi connectivity index (χ0n) is 29.4. The predicted octanol–water partition coefficient (Wildman–Crippen LogP) is 11.7. The zero-order chi connectivity index (χ0) is 36.3. The van der Waals surface area contributed by atoms with Gasteiger partial charge in [0.2, 0.25) is 5.89 Å². The Kier molecular flexibility index (Phi) is 7.13. The molecule has 10 aromatic rings. The van der Waals surface area contributed by atoms with Crippen LogP contribution in [-0.4, -0.2) is 29.5 Å². The molecule has 4 heterocycles. The Hall–Kier alpha value is -7.45. The maximum Gasteiger partial charge on any atom is 0.227 e. The van der Waals surface area contributed by atoms with Crippen LogP contribution in [0.5, 0.6) is 0 Å². The lowest BCUT2D eigenvalue weighted by Gasteiger charge is -2.11. The quantitative estimate of drug-likeness (QED) is 0.169. The molecule has 0 aliphatic heterocycles. The van der Waals surface area contributed by atoms with Gasteiger partial charge >= 0.3 is 0 Å². The van der Waals surface area contributed by atoms with E-state index in [0.29, 0.717) is 28.9 Å². The molecule has 0 saturated carbocycles. The Morgan fingerprint density at radius 2 is 1.31 bits per heavy atom. The summed E-state index contributed by atoms with van der Waals surface area (Å²) in [6.45, 7) is 0. The molecule has 8 nitrogen and oxygen atoms in total. The van der Waals surface area contributed by atoms with Gasteiger partial charge < -0.3 is 13.4 Å². The maximum atomic E-state index is 6.46. The van der Waals surface area contributed by atoms with Crippen molar-refractivity contribution in [1.29, 1.82) is 0 Å². The second-order valence-corrected chi connectivity index (χ2v) is 13.7. The summed E-state index contributed by atoms with van der Waals surface area (Å²) < 4.78 is 14.3. The van der Waals surface area contributed by atoms with Gasteiger partial charge in [-0.1, -0.05) is 85.0 Å². The monoisotopic (exact) mass is 710 g/mol. The van der Waals surface area contributed by atoms with Gasteiger partial charge in [-0.2, -0.15) is 0 Å². The smallest absolute Gasteiger partial charge is 0.227 e. The van der Waals surface area contributed by atoms with E-state index in [4.69, 9.17) is 28.8 Å². The topological polar surface area (TPSA) is 95.7 Å². The summed E-state index contributed by atoms with van der Waals surface area (Å²) in [6, 6.07) is 45.6. The second-order valence-electron chi connectivity index (χ2n) is 13.7. The summed E-state index contributed by atoms with van der Waals surface area (Å²) >= 11 is 0. The van der Waals surface area contributed by atoms with E-state index < -0.39 is 0 Å². The Labute approximate surface area is 314 Å². The molecular formula is C47H30N6O2. The number of aromatic nitrogens is 6. The van der Waals surface area contributed by atoms with Crippen molar-refractivity contribution >= 4 is 49.6 Å². The number of nitrogens with zero attached hydrogens (tertiary/aromatic N) is 6. The predicted molar refractivity (Wildman–Crippen MR) is 217 cm³/mol. The number of oxazole rings is 2. The van der Waals surface area contributed by atoms with Crippen molar-refractivity contribution in [2.24, 2.45) is 0 Å². The van der Waals surface area contributed by atoms with Crippen molar-refractivity contribution in [1.82, 2.24) is 29.5 Å². The molecule has 4 aromatic heterocycles. The summed E-state index contributed by atoms with van der Waals surface area (Å²) in [7, 11) is 0. The first kappa shape index (κ1) is 31.1. The summed E-state index contributed by atoms with van der Waals surface area (Å²) in [5.41, 5.74) is 12.3. The fourth-order valence-corrected chi connectivity index (χ4v) is 7.59. The number of hydrogen-bond acceptors (Lipinski definition) is 7. The van der Waals surface area contributed by atoms with Crippen molar-refractivity contribution in [3.63, 3.8) is 0 Å². The molecule has 6 aromatic carbocycles. The van der Waals surface area contributed by atoms with Crippen molar-refractivity contribution in [2.45, 2.75) is 12.8 Å². The lowest BCUT2D eigenvalue weighted by Crippen LogP contribution is -2.03. The number of rotatable bonds is 6. The maximum absolute atomic E-state index is 6.46. The third-order valence-electron chi connectivity index (χ3n) is 10.3. The van der Waals surface area contributed by atoms with Crippen LogP contribution in [0.15, 0.2) is 167 Å². The normalized spacial score (nSPS) is 13.0. The van der Waals surface area contributed by atoms with Crippen LogP contribution in [-0.2, 0) is 0 Å². The number of hydrogen-bond donors (Lipinski definition) is 0. The first-order valence-corrected chi connectivity index (χ1v) is 18.3. The molecule has 0 saturated heterocycles. The van der Waals surface area contributed by atoms with Gasteiger partial charge in [-0.15, -0.1) is 0 Å². The third-order valence-corrected chi connectivity index (χ3v) is 10.3. The molecule has 0 unspecified atom stereocenters. The molecule has 1 aliphatic carbocycles. The number of para-hydroxylation sites is 1. The minimum absolute atomic E-state index is 0.551. The van der Waals surface area contributed by atoms with Gasteiger partial charge in [-0.25, -0.2) is 24.9 Å². The molecule has 0 bridgehead atoms. The molecule has 0 fully saturated rings. The molecule has 0 N–H and O–H groups in total. The van der Waals surface area contributed by atoms with Crippen molar-refractivity contribution in [3.8, 4) is 51.0 Å². The van der Waals surface area contributed by atoms with E-state index in [-0.39, 0.29) is 0 Å². The summed E-state index contributed by atoms with van der Waals surface area (Å²) in [4.78, 5) is 24.0. The highest BCUT2D eigenvalue weighted by Crippen LogP contribution is 2.37. The van der Waals surface area contributed by atoms with Gasteiger partial charge in [0.25, 0.3) is 0 Å². The van der Waals surface area contributed by atoms with Crippen LogP contribution in [0.25, 0.3) is 101 Å². The molecule has 260 valence electrons. The Balaban J connectivity index is 0.962. The fourth-order valence-electron chi connectivity index (χ4n) is 7.59. The number of fused-ring (bicyclic) bond motifs is 5. The van der Waals surface area contributed by atoms with Crippen LogP contribution in [0.2, 0.25) is 0 Å². The summed E-state index contributed by atoms with van der Waals surface area (Å²) in [5.74, 6) is 2.48. The van der Waals surface area contributed by atoms with Gasteiger partial charge in [-0.05, 0) is 96.3 Å². The van der Waals surface area contributed by atoms with E-state index >= 15 is 0 Å². The highest BCUT2D eigenvalue weighted by atomic mass is 16.3. The van der Waals surface area contributed by atoms with Crippen LogP contribution in [0.3, 0.4) is 0 Å². The molecule has 0 amide bonds. The molecule has 0 radical (unpaired) electrons. The summed E-state index contributed by atoms with van der Waals surface area (Å²) in [6.07, 6.45) is 9.66. The van der Waals surface area contributed by atoms with E-state index in [9.17, 15) is 0 Å². The van der Waals surface area contributed by atoms with Gasteiger partial charge in [0.1, 0.15) is 11.0 Å². The molecule has 11 rings (SSSR count). The number of allylic oxidation sites excluding steroid dienone is 4. The molecular weight excluding hydrogens is 681 g/mol. The average molecular weight is 711 g/mol.